The zero-order valence-electron chi connectivity index (χ0n) is 11.0. The Morgan fingerprint density at radius 1 is 1.29 bits per heavy atom. The first-order valence-electron chi connectivity index (χ1n) is 5.89. The number of rotatable bonds is 4. The quantitative estimate of drug-likeness (QED) is 0.741. The van der Waals surface area contributed by atoms with Crippen LogP contribution >= 0.6 is 0 Å². The van der Waals surface area contributed by atoms with Crippen molar-refractivity contribution in [3.63, 3.8) is 0 Å². The summed E-state index contributed by atoms with van der Waals surface area (Å²) >= 11 is 0. The molecule has 1 aromatic carbocycles. The Balaban J connectivity index is 2.75. The van der Waals surface area contributed by atoms with E-state index in [9.17, 15) is 4.79 Å². The van der Waals surface area contributed by atoms with E-state index in [4.69, 9.17) is 4.74 Å². The monoisotopic (exact) mass is 232 g/mol. The van der Waals surface area contributed by atoms with Crippen LogP contribution in [0.1, 0.15) is 31.9 Å². The zero-order valence-corrected chi connectivity index (χ0v) is 11.0. The summed E-state index contributed by atoms with van der Waals surface area (Å²) in [7, 11) is 0. The summed E-state index contributed by atoms with van der Waals surface area (Å²) in [6, 6.07) is 8.17. The maximum atomic E-state index is 11.7. The smallest absolute Gasteiger partial charge is 0.315 e. The van der Waals surface area contributed by atoms with Crippen molar-refractivity contribution in [2.24, 2.45) is 5.41 Å². The highest BCUT2D eigenvalue weighted by Gasteiger charge is 2.25. The maximum absolute atomic E-state index is 11.7. The van der Waals surface area contributed by atoms with Gasteiger partial charge in [-0.05, 0) is 33.3 Å². The highest BCUT2D eigenvalue weighted by atomic mass is 16.5. The molecule has 2 heteroatoms. The van der Waals surface area contributed by atoms with Crippen LogP contribution in [0.15, 0.2) is 30.3 Å². The molecule has 0 N–H and O–H groups in total. The highest BCUT2D eigenvalue weighted by Crippen LogP contribution is 2.21. The lowest BCUT2D eigenvalue weighted by molar-refractivity contribution is -0.150. The van der Waals surface area contributed by atoms with Gasteiger partial charge in [0, 0.05) is 0 Å². The second kappa shape index (κ2) is 5.67. The van der Waals surface area contributed by atoms with Crippen molar-refractivity contribution in [3.05, 3.63) is 41.5 Å². The van der Waals surface area contributed by atoms with Crippen LogP contribution in [0, 0.1) is 12.3 Å². The number of hydrogen-bond acceptors (Lipinski definition) is 2. The summed E-state index contributed by atoms with van der Waals surface area (Å²) in [4.78, 5) is 11.7. The van der Waals surface area contributed by atoms with Crippen LogP contribution in [0.2, 0.25) is 0 Å². The van der Waals surface area contributed by atoms with Crippen LogP contribution in [-0.2, 0) is 9.53 Å². The van der Waals surface area contributed by atoms with Crippen LogP contribution < -0.4 is 0 Å². The van der Waals surface area contributed by atoms with Crippen LogP contribution in [0.3, 0.4) is 0 Å². The van der Waals surface area contributed by atoms with Gasteiger partial charge in [-0.2, -0.15) is 0 Å². The first-order chi connectivity index (χ1) is 7.95. The van der Waals surface area contributed by atoms with E-state index in [0.29, 0.717) is 6.61 Å². The highest BCUT2D eigenvalue weighted by molar-refractivity contribution is 5.79. The van der Waals surface area contributed by atoms with E-state index >= 15 is 0 Å². The molecule has 1 rings (SSSR count). The molecular formula is C15H20O2. The predicted octanol–water partition coefficient (Wildman–Crippen LogP) is 3.60. The summed E-state index contributed by atoms with van der Waals surface area (Å²) in [5.41, 5.74) is 1.74. The molecule has 92 valence electrons. The predicted molar refractivity (Wildman–Crippen MR) is 70.6 cm³/mol. The molecule has 0 unspecified atom stereocenters. The number of esters is 1. The molecule has 0 aromatic heterocycles. The Morgan fingerprint density at radius 3 is 2.41 bits per heavy atom. The van der Waals surface area contributed by atoms with Crippen LogP contribution in [0.25, 0.3) is 6.08 Å². The van der Waals surface area contributed by atoms with E-state index in [1.54, 1.807) is 0 Å². The van der Waals surface area contributed by atoms with Crippen molar-refractivity contribution in [2.75, 3.05) is 6.61 Å². The Bertz CT molecular complexity index is 399. The van der Waals surface area contributed by atoms with E-state index in [-0.39, 0.29) is 5.97 Å². The second-order valence-electron chi connectivity index (χ2n) is 4.69. The molecule has 0 atom stereocenters. The van der Waals surface area contributed by atoms with Gasteiger partial charge in [-0.1, -0.05) is 42.0 Å². The van der Waals surface area contributed by atoms with Gasteiger partial charge in [-0.25, -0.2) is 0 Å². The van der Waals surface area contributed by atoms with Crippen molar-refractivity contribution in [2.45, 2.75) is 27.7 Å². The van der Waals surface area contributed by atoms with Crippen molar-refractivity contribution in [1.29, 1.82) is 0 Å². The Labute approximate surface area is 103 Å². The van der Waals surface area contributed by atoms with Crippen molar-refractivity contribution in [1.82, 2.24) is 0 Å². The van der Waals surface area contributed by atoms with Crippen molar-refractivity contribution in [3.8, 4) is 0 Å². The lowest BCUT2D eigenvalue weighted by Gasteiger charge is -2.17. The molecule has 0 saturated carbocycles. The maximum Gasteiger partial charge on any atom is 0.315 e. The van der Waals surface area contributed by atoms with Gasteiger partial charge in [0.05, 0.1) is 12.0 Å². The van der Waals surface area contributed by atoms with Crippen LogP contribution in [0.5, 0.6) is 0 Å². The number of hydrogen-bond donors (Lipinski definition) is 0. The first kappa shape index (κ1) is 13.5. The first-order valence-corrected chi connectivity index (χ1v) is 5.89. The fourth-order valence-electron chi connectivity index (χ4n) is 1.37. The number of benzene rings is 1. The molecule has 0 fully saturated rings. The molecular weight excluding hydrogens is 212 g/mol. The molecule has 0 radical (unpaired) electrons. The Kier molecular flexibility index (Phi) is 4.50. The second-order valence-corrected chi connectivity index (χ2v) is 4.69. The molecule has 1 aromatic rings. The average Bonchev–Trinajstić information content (AvgIpc) is 2.29. The number of aryl methyl sites for hydroxylation is 1. The topological polar surface area (TPSA) is 26.3 Å². The largest absolute Gasteiger partial charge is 0.465 e. The minimum atomic E-state index is -0.582. The SMILES string of the molecule is CCOC(=O)C(C)(C)/C=C\c1ccc(C)cc1. The molecule has 17 heavy (non-hydrogen) atoms. The van der Waals surface area contributed by atoms with Crippen molar-refractivity contribution < 1.29 is 9.53 Å². The van der Waals surface area contributed by atoms with Crippen LogP contribution in [0.4, 0.5) is 0 Å². The lowest BCUT2D eigenvalue weighted by atomic mass is 9.92. The third-order valence-corrected chi connectivity index (χ3v) is 2.57. The minimum absolute atomic E-state index is 0.191. The molecule has 0 spiro atoms. The molecule has 0 saturated heterocycles. The molecule has 0 heterocycles. The number of carbonyl (C=O) groups is 1. The zero-order chi connectivity index (χ0) is 12.9. The average molecular weight is 232 g/mol. The number of carbonyl (C=O) groups excluding carboxylic acids is 1. The normalized spacial score (nSPS) is 11.8. The molecule has 0 bridgehead atoms. The summed E-state index contributed by atoms with van der Waals surface area (Å²) in [5, 5.41) is 0. The Morgan fingerprint density at radius 2 is 1.88 bits per heavy atom. The van der Waals surface area contributed by atoms with E-state index < -0.39 is 5.41 Å². The summed E-state index contributed by atoms with van der Waals surface area (Å²) in [6.45, 7) is 8.00. The molecule has 0 aliphatic carbocycles. The molecule has 0 aliphatic rings. The van der Waals surface area contributed by atoms with Crippen molar-refractivity contribution >= 4 is 12.0 Å². The van der Waals surface area contributed by atoms with Gasteiger partial charge >= 0.3 is 5.97 Å². The van der Waals surface area contributed by atoms with Crippen LogP contribution in [-0.4, -0.2) is 12.6 Å². The van der Waals surface area contributed by atoms with Gasteiger partial charge in [-0.15, -0.1) is 0 Å². The standard InChI is InChI=1S/C15H20O2/c1-5-17-14(16)15(3,4)11-10-13-8-6-12(2)7-9-13/h6-11H,5H2,1-4H3/b11-10-. The molecule has 0 amide bonds. The summed E-state index contributed by atoms with van der Waals surface area (Å²) in [5.74, 6) is -0.191. The van der Waals surface area contributed by atoms with E-state index in [2.05, 4.69) is 19.1 Å². The van der Waals surface area contributed by atoms with E-state index in [1.807, 2.05) is 45.1 Å². The third kappa shape index (κ3) is 4.06. The van der Waals surface area contributed by atoms with E-state index in [0.717, 1.165) is 5.56 Å². The van der Waals surface area contributed by atoms with Gasteiger partial charge < -0.3 is 4.74 Å². The summed E-state index contributed by atoms with van der Waals surface area (Å²) in [6.07, 6.45) is 3.84. The minimum Gasteiger partial charge on any atom is -0.465 e. The summed E-state index contributed by atoms with van der Waals surface area (Å²) < 4.78 is 5.02. The third-order valence-electron chi connectivity index (χ3n) is 2.57. The fourth-order valence-corrected chi connectivity index (χ4v) is 1.37. The fraction of sp³-hybridized carbons (Fsp3) is 0.400. The van der Waals surface area contributed by atoms with Gasteiger partial charge in [-0.3, -0.25) is 4.79 Å². The van der Waals surface area contributed by atoms with Gasteiger partial charge in [0.2, 0.25) is 0 Å². The lowest BCUT2D eigenvalue weighted by Crippen LogP contribution is -2.24. The van der Waals surface area contributed by atoms with E-state index in [1.165, 1.54) is 5.56 Å². The number of ether oxygens (including phenoxy) is 1. The van der Waals surface area contributed by atoms with Gasteiger partial charge in [0.25, 0.3) is 0 Å². The molecule has 2 nitrogen and oxygen atoms in total. The van der Waals surface area contributed by atoms with Gasteiger partial charge in [0.15, 0.2) is 0 Å². The molecule has 0 aliphatic heterocycles. The van der Waals surface area contributed by atoms with Gasteiger partial charge in [0.1, 0.15) is 0 Å². The Hall–Kier alpha value is -1.57.